The molecule has 44 heavy (non-hydrogen) atoms. The molecule has 6 nitrogen and oxygen atoms in total. The molecular weight excluding hydrogens is 637 g/mol. The SMILES string of the molecule is COc1ccc(CN(C(=O)c2ccc3c(Oc4ccc(C(F)(F)F)cc4)cccc3c2)C(C)c2cc(Br)ccn2)c(OC)c1. The number of ether oxygens (including phenoxy) is 3. The second-order valence-electron chi connectivity index (χ2n) is 10.0. The summed E-state index contributed by atoms with van der Waals surface area (Å²) in [6, 6.07) is 23.9. The normalized spacial score (nSPS) is 12.1. The molecule has 1 atom stereocenters. The molecule has 0 aliphatic rings. The standard InChI is InChI=1S/C34H28BrF3N2O4/c1-21(30-18-26(35)15-16-39-30)40(20-24-7-11-28(42-2)19-32(24)43-3)33(41)23-8-14-29-22(17-23)5-4-6-31(29)44-27-12-9-25(10-13-27)34(36,37)38/h4-19,21H,20H2,1-3H3. The Hall–Kier alpha value is -4.57. The number of aromatic nitrogens is 1. The Morgan fingerprint density at radius 1 is 0.886 bits per heavy atom. The van der Waals surface area contributed by atoms with Gasteiger partial charge in [-0.1, -0.05) is 28.1 Å². The third kappa shape index (κ3) is 6.81. The van der Waals surface area contributed by atoms with E-state index in [1.54, 1.807) is 61.7 Å². The van der Waals surface area contributed by atoms with E-state index in [1.165, 1.54) is 12.1 Å². The predicted molar refractivity (Wildman–Crippen MR) is 165 cm³/mol. The van der Waals surface area contributed by atoms with Crippen LogP contribution < -0.4 is 14.2 Å². The van der Waals surface area contributed by atoms with Crippen molar-refractivity contribution in [2.75, 3.05) is 14.2 Å². The summed E-state index contributed by atoms with van der Waals surface area (Å²) in [5.41, 5.74) is 1.18. The summed E-state index contributed by atoms with van der Waals surface area (Å²) in [6.45, 7) is 2.15. The van der Waals surface area contributed by atoms with Crippen molar-refractivity contribution >= 4 is 32.6 Å². The van der Waals surface area contributed by atoms with E-state index in [4.69, 9.17) is 14.2 Å². The number of carbonyl (C=O) groups excluding carboxylic acids is 1. The van der Waals surface area contributed by atoms with Crippen molar-refractivity contribution in [3.05, 3.63) is 124 Å². The fourth-order valence-electron chi connectivity index (χ4n) is 4.84. The van der Waals surface area contributed by atoms with Crippen molar-refractivity contribution in [3.63, 3.8) is 0 Å². The Labute approximate surface area is 261 Å². The summed E-state index contributed by atoms with van der Waals surface area (Å²) in [5.74, 6) is 1.70. The summed E-state index contributed by atoms with van der Waals surface area (Å²) in [7, 11) is 3.14. The molecule has 0 spiro atoms. The fourth-order valence-corrected chi connectivity index (χ4v) is 5.19. The molecule has 1 unspecified atom stereocenters. The van der Waals surface area contributed by atoms with Crippen LogP contribution in [0.25, 0.3) is 10.8 Å². The minimum absolute atomic E-state index is 0.229. The molecule has 1 aromatic heterocycles. The lowest BCUT2D eigenvalue weighted by atomic mass is 10.0. The highest BCUT2D eigenvalue weighted by atomic mass is 79.9. The largest absolute Gasteiger partial charge is 0.497 e. The van der Waals surface area contributed by atoms with Crippen LogP contribution in [-0.4, -0.2) is 30.0 Å². The molecule has 0 aliphatic heterocycles. The molecule has 0 fully saturated rings. The smallest absolute Gasteiger partial charge is 0.416 e. The average molecular weight is 666 g/mol. The minimum atomic E-state index is -4.43. The number of methoxy groups -OCH3 is 2. The number of pyridine rings is 1. The van der Waals surface area contributed by atoms with Crippen LogP contribution in [0.2, 0.25) is 0 Å². The average Bonchev–Trinajstić information content (AvgIpc) is 3.02. The Morgan fingerprint density at radius 3 is 2.32 bits per heavy atom. The topological polar surface area (TPSA) is 60.9 Å². The van der Waals surface area contributed by atoms with Gasteiger partial charge in [-0.15, -0.1) is 0 Å². The maximum absolute atomic E-state index is 14.2. The summed E-state index contributed by atoms with van der Waals surface area (Å²) >= 11 is 3.50. The van der Waals surface area contributed by atoms with Gasteiger partial charge in [0, 0.05) is 33.2 Å². The van der Waals surface area contributed by atoms with E-state index >= 15 is 0 Å². The van der Waals surface area contributed by atoms with Gasteiger partial charge in [-0.05, 0) is 85.1 Å². The molecule has 10 heteroatoms. The zero-order valence-corrected chi connectivity index (χ0v) is 25.6. The van der Waals surface area contributed by atoms with Gasteiger partial charge in [-0.3, -0.25) is 9.78 Å². The number of hydrogen-bond acceptors (Lipinski definition) is 5. The van der Waals surface area contributed by atoms with E-state index in [9.17, 15) is 18.0 Å². The summed E-state index contributed by atoms with van der Waals surface area (Å²) < 4.78 is 56.7. The second-order valence-corrected chi connectivity index (χ2v) is 10.9. The summed E-state index contributed by atoms with van der Waals surface area (Å²) in [4.78, 5) is 20.4. The van der Waals surface area contributed by atoms with Gasteiger partial charge in [0.15, 0.2) is 0 Å². The molecule has 0 radical (unpaired) electrons. The molecular formula is C34H28BrF3N2O4. The lowest BCUT2D eigenvalue weighted by Gasteiger charge is -2.30. The number of rotatable bonds is 9. The molecule has 0 aliphatic carbocycles. The van der Waals surface area contributed by atoms with Gasteiger partial charge < -0.3 is 19.1 Å². The van der Waals surface area contributed by atoms with Gasteiger partial charge in [-0.2, -0.15) is 13.2 Å². The van der Waals surface area contributed by atoms with Gasteiger partial charge >= 0.3 is 6.18 Å². The third-order valence-corrected chi connectivity index (χ3v) is 7.72. The molecule has 0 saturated carbocycles. The maximum Gasteiger partial charge on any atom is 0.416 e. The zero-order chi connectivity index (χ0) is 31.4. The van der Waals surface area contributed by atoms with Crippen molar-refractivity contribution in [2.45, 2.75) is 25.7 Å². The Balaban J connectivity index is 1.48. The van der Waals surface area contributed by atoms with Crippen LogP contribution in [0, 0.1) is 0 Å². The Kier molecular flexibility index (Phi) is 9.10. The molecule has 0 N–H and O–H groups in total. The number of alkyl halides is 3. The first-order valence-electron chi connectivity index (χ1n) is 13.6. The van der Waals surface area contributed by atoms with Crippen LogP contribution in [-0.2, 0) is 12.7 Å². The highest BCUT2D eigenvalue weighted by Gasteiger charge is 2.30. The van der Waals surface area contributed by atoms with Crippen LogP contribution in [0.4, 0.5) is 13.2 Å². The van der Waals surface area contributed by atoms with E-state index in [0.29, 0.717) is 33.9 Å². The Morgan fingerprint density at radius 2 is 1.64 bits per heavy atom. The molecule has 4 aromatic carbocycles. The van der Waals surface area contributed by atoms with E-state index in [0.717, 1.165) is 27.6 Å². The van der Waals surface area contributed by atoms with Gasteiger partial charge in [0.1, 0.15) is 23.0 Å². The van der Waals surface area contributed by atoms with Crippen LogP contribution in [0.15, 0.2) is 102 Å². The monoisotopic (exact) mass is 664 g/mol. The quantitative estimate of drug-likeness (QED) is 0.157. The number of amides is 1. The van der Waals surface area contributed by atoms with E-state index < -0.39 is 17.8 Å². The third-order valence-electron chi connectivity index (χ3n) is 7.23. The lowest BCUT2D eigenvalue weighted by Crippen LogP contribution is -2.33. The molecule has 1 heterocycles. The molecule has 1 amide bonds. The first kappa shape index (κ1) is 30.9. The second kappa shape index (κ2) is 13.0. The first-order valence-corrected chi connectivity index (χ1v) is 14.4. The van der Waals surface area contributed by atoms with Crippen molar-refractivity contribution in [3.8, 4) is 23.0 Å². The van der Waals surface area contributed by atoms with Gasteiger partial charge in [0.25, 0.3) is 5.91 Å². The zero-order valence-electron chi connectivity index (χ0n) is 24.1. The first-order chi connectivity index (χ1) is 21.1. The van der Waals surface area contributed by atoms with E-state index in [-0.39, 0.29) is 18.2 Å². The summed E-state index contributed by atoms with van der Waals surface area (Å²) in [5, 5.41) is 1.43. The number of halogens is 4. The van der Waals surface area contributed by atoms with Gasteiger partial charge in [-0.25, -0.2) is 0 Å². The number of hydrogen-bond donors (Lipinski definition) is 0. The number of nitrogens with zero attached hydrogens (tertiary/aromatic N) is 2. The lowest BCUT2D eigenvalue weighted by molar-refractivity contribution is -0.137. The minimum Gasteiger partial charge on any atom is -0.497 e. The van der Waals surface area contributed by atoms with Crippen molar-refractivity contribution in [1.82, 2.24) is 9.88 Å². The highest BCUT2D eigenvalue weighted by molar-refractivity contribution is 9.10. The predicted octanol–water partition coefficient (Wildman–Crippen LogP) is 9.23. The molecule has 226 valence electrons. The van der Waals surface area contributed by atoms with Crippen LogP contribution in [0.1, 0.15) is 40.1 Å². The Bertz CT molecular complexity index is 1790. The molecule has 0 bridgehead atoms. The van der Waals surface area contributed by atoms with Crippen molar-refractivity contribution < 1.29 is 32.2 Å². The van der Waals surface area contributed by atoms with Crippen molar-refractivity contribution in [2.24, 2.45) is 0 Å². The molecule has 5 rings (SSSR count). The summed E-state index contributed by atoms with van der Waals surface area (Å²) in [6.07, 6.45) is -2.75. The van der Waals surface area contributed by atoms with Crippen LogP contribution in [0.5, 0.6) is 23.0 Å². The molecule has 0 saturated heterocycles. The maximum atomic E-state index is 14.2. The van der Waals surface area contributed by atoms with E-state index in [1.807, 2.05) is 37.3 Å². The highest BCUT2D eigenvalue weighted by Crippen LogP contribution is 2.35. The van der Waals surface area contributed by atoms with E-state index in [2.05, 4.69) is 20.9 Å². The number of benzene rings is 4. The van der Waals surface area contributed by atoms with Gasteiger partial charge in [0.2, 0.25) is 0 Å². The van der Waals surface area contributed by atoms with Gasteiger partial charge in [0.05, 0.1) is 38.1 Å². The van der Waals surface area contributed by atoms with Crippen LogP contribution in [0.3, 0.4) is 0 Å². The van der Waals surface area contributed by atoms with Crippen LogP contribution >= 0.6 is 15.9 Å². The van der Waals surface area contributed by atoms with Crippen molar-refractivity contribution in [1.29, 1.82) is 0 Å². The number of fused-ring (bicyclic) bond motifs is 1. The molecule has 5 aromatic rings. The number of carbonyl (C=O) groups is 1. The fraction of sp³-hybridized carbons (Fsp3) is 0.176.